The van der Waals surface area contributed by atoms with Crippen LogP contribution in [-0.2, 0) is 13.7 Å². The summed E-state index contributed by atoms with van der Waals surface area (Å²) in [6.45, 7) is -5.29. The first kappa shape index (κ1) is 18.5. The summed E-state index contributed by atoms with van der Waals surface area (Å²) in [6, 6.07) is 3.57. The van der Waals surface area contributed by atoms with Crippen molar-refractivity contribution >= 4 is 12.4 Å². The smallest absolute Gasteiger partial charge is 0.497 e. The molecule has 1 aromatic heterocycles. The van der Waals surface area contributed by atoms with Crippen molar-refractivity contribution in [2.75, 3.05) is 7.11 Å². The summed E-state index contributed by atoms with van der Waals surface area (Å²) in [5.74, 6) is 0.313. The molecule has 0 saturated carbocycles. The normalized spacial score (nSPS) is 10.9. The van der Waals surface area contributed by atoms with Gasteiger partial charge in [-0.05, 0) is 18.2 Å². The summed E-state index contributed by atoms with van der Waals surface area (Å²) >= 11 is 0. The molecule has 0 aliphatic carbocycles. The molecular formula is C11H12BF3KN3O2. The second-order valence-corrected chi connectivity index (χ2v) is 4.07. The number of benzene rings is 1. The van der Waals surface area contributed by atoms with Gasteiger partial charge in [0, 0.05) is 7.05 Å². The van der Waals surface area contributed by atoms with Crippen LogP contribution in [0.4, 0.5) is 12.9 Å². The molecule has 0 amide bonds. The molecule has 5 nitrogen and oxygen atoms in total. The molecule has 0 aliphatic heterocycles. The first-order valence-electron chi connectivity index (χ1n) is 5.75. The first-order chi connectivity index (χ1) is 9.41. The van der Waals surface area contributed by atoms with E-state index in [9.17, 15) is 12.9 Å². The molecule has 0 radical (unpaired) electrons. The molecule has 0 saturated heterocycles. The Kier molecular flexibility index (Phi) is 6.73. The van der Waals surface area contributed by atoms with E-state index in [0.29, 0.717) is 5.82 Å². The van der Waals surface area contributed by atoms with E-state index >= 15 is 0 Å². The predicted octanol–water partition coefficient (Wildman–Crippen LogP) is -1.54. The maximum Gasteiger partial charge on any atom is 1.00 e. The van der Waals surface area contributed by atoms with Crippen LogP contribution in [-0.4, -0.2) is 28.9 Å². The number of rotatable bonds is 5. The average Bonchev–Trinajstić information content (AvgIpc) is 2.80. The number of methoxy groups -OCH3 is 1. The minimum atomic E-state index is -5.19. The summed E-state index contributed by atoms with van der Waals surface area (Å²) in [7, 11) is 2.94. The third kappa shape index (κ3) is 4.71. The second kappa shape index (κ2) is 7.63. The molecule has 0 fully saturated rings. The van der Waals surface area contributed by atoms with Crippen LogP contribution in [0.5, 0.6) is 11.5 Å². The third-order valence-electron chi connectivity index (χ3n) is 2.73. The minimum absolute atomic E-state index is 0. The van der Waals surface area contributed by atoms with Crippen LogP contribution >= 0.6 is 0 Å². The van der Waals surface area contributed by atoms with Crippen molar-refractivity contribution in [3.8, 4) is 11.5 Å². The van der Waals surface area contributed by atoms with E-state index in [0.717, 1.165) is 6.07 Å². The van der Waals surface area contributed by atoms with Gasteiger partial charge in [-0.25, -0.2) is 4.98 Å². The van der Waals surface area contributed by atoms with Gasteiger partial charge in [-0.2, -0.15) is 5.10 Å². The van der Waals surface area contributed by atoms with Gasteiger partial charge in [-0.1, -0.05) is 5.46 Å². The van der Waals surface area contributed by atoms with Crippen LogP contribution in [0.2, 0.25) is 0 Å². The Morgan fingerprint density at radius 1 is 1.29 bits per heavy atom. The van der Waals surface area contributed by atoms with Crippen molar-refractivity contribution in [3.05, 3.63) is 30.4 Å². The quantitative estimate of drug-likeness (QED) is 0.626. The molecule has 108 valence electrons. The van der Waals surface area contributed by atoms with Crippen molar-refractivity contribution in [3.63, 3.8) is 0 Å². The number of ether oxygens (including phenoxy) is 2. The Morgan fingerprint density at radius 3 is 2.52 bits per heavy atom. The molecule has 0 spiro atoms. The summed E-state index contributed by atoms with van der Waals surface area (Å²) in [4.78, 5) is 3.88. The molecule has 10 heteroatoms. The fourth-order valence-electron chi connectivity index (χ4n) is 1.63. The first-order valence-corrected chi connectivity index (χ1v) is 5.75. The van der Waals surface area contributed by atoms with Crippen molar-refractivity contribution in [2.45, 2.75) is 6.61 Å². The number of aryl methyl sites for hydroxylation is 1. The Morgan fingerprint density at radius 2 is 2.00 bits per heavy atom. The summed E-state index contributed by atoms with van der Waals surface area (Å²) in [6.07, 6.45) is 1.31. The van der Waals surface area contributed by atoms with Gasteiger partial charge in [0.2, 0.25) is 0 Å². The molecule has 2 rings (SSSR count). The summed E-state index contributed by atoms with van der Waals surface area (Å²) in [5, 5.41) is 3.81. The largest absolute Gasteiger partial charge is 1.00 e. The average molecular weight is 325 g/mol. The molecule has 0 unspecified atom stereocenters. The van der Waals surface area contributed by atoms with Crippen LogP contribution in [0.15, 0.2) is 24.5 Å². The van der Waals surface area contributed by atoms with Gasteiger partial charge in [0.25, 0.3) is 0 Å². The van der Waals surface area contributed by atoms with Crippen molar-refractivity contribution < 1.29 is 73.8 Å². The van der Waals surface area contributed by atoms with E-state index in [1.807, 2.05) is 0 Å². The van der Waals surface area contributed by atoms with Crippen LogP contribution in [0, 0.1) is 0 Å². The van der Waals surface area contributed by atoms with Gasteiger partial charge in [0.1, 0.15) is 18.7 Å². The zero-order valence-corrected chi connectivity index (χ0v) is 15.0. The molecule has 1 aromatic carbocycles. The van der Waals surface area contributed by atoms with Gasteiger partial charge < -0.3 is 22.4 Å². The number of aromatic nitrogens is 3. The van der Waals surface area contributed by atoms with E-state index in [2.05, 4.69) is 10.1 Å². The van der Waals surface area contributed by atoms with Crippen LogP contribution < -0.4 is 66.3 Å². The maximum absolute atomic E-state index is 13.0. The van der Waals surface area contributed by atoms with Crippen LogP contribution in [0.1, 0.15) is 5.82 Å². The van der Waals surface area contributed by atoms with E-state index < -0.39 is 12.4 Å². The standard InChI is InChI=1S/C11H12BF3N3O2.K/c1-18-11(16-7-17-18)6-20-10-4-3-8(19-2)5-9(10)12(13,14)15;/h3-5,7H,6H2,1-2H3;/q-1;+1. The number of hydrogen-bond acceptors (Lipinski definition) is 4. The Hall–Kier alpha value is -0.549. The Bertz CT molecular complexity index is 607. The third-order valence-corrected chi connectivity index (χ3v) is 2.73. The summed E-state index contributed by atoms with van der Waals surface area (Å²) in [5.41, 5.74) is -0.827. The van der Waals surface area contributed by atoms with Crippen LogP contribution in [0.3, 0.4) is 0 Å². The Labute approximate surface area is 162 Å². The van der Waals surface area contributed by atoms with Gasteiger partial charge in [0.05, 0.1) is 12.9 Å². The fraction of sp³-hybridized carbons (Fsp3) is 0.273. The van der Waals surface area contributed by atoms with Gasteiger partial charge in [0.15, 0.2) is 5.82 Å². The predicted molar refractivity (Wildman–Crippen MR) is 67.0 cm³/mol. The van der Waals surface area contributed by atoms with E-state index in [-0.39, 0.29) is 69.5 Å². The molecule has 1 heterocycles. The molecule has 2 aromatic rings. The molecule has 0 atom stereocenters. The molecular weight excluding hydrogens is 313 g/mol. The summed E-state index contributed by atoms with van der Waals surface area (Å²) < 4.78 is 50.5. The Balaban J connectivity index is 0.00000220. The fourth-order valence-corrected chi connectivity index (χ4v) is 1.63. The van der Waals surface area contributed by atoms with Crippen molar-refractivity contribution in [2.24, 2.45) is 7.05 Å². The number of halogens is 3. The van der Waals surface area contributed by atoms with Crippen LogP contribution in [0.25, 0.3) is 0 Å². The minimum Gasteiger partial charge on any atom is -0.497 e. The monoisotopic (exact) mass is 325 g/mol. The van der Waals surface area contributed by atoms with Gasteiger partial charge in [-0.15, -0.1) is 0 Å². The molecule has 0 bridgehead atoms. The zero-order valence-electron chi connectivity index (χ0n) is 11.9. The molecule has 0 aliphatic rings. The second-order valence-electron chi connectivity index (χ2n) is 4.07. The van der Waals surface area contributed by atoms with Gasteiger partial charge in [-0.3, -0.25) is 4.68 Å². The molecule has 21 heavy (non-hydrogen) atoms. The van der Waals surface area contributed by atoms with Crippen molar-refractivity contribution in [1.29, 1.82) is 0 Å². The van der Waals surface area contributed by atoms with E-state index in [1.165, 1.54) is 30.3 Å². The SMILES string of the molecule is COc1ccc(OCc2ncnn2C)c([B-](F)(F)F)c1.[K+]. The molecule has 0 N–H and O–H groups in total. The van der Waals surface area contributed by atoms with E-state index in [4.69, 9.17) is 9.47 Å². The van der Waals surface area contributed by atoms with Crippen molar-refractivity contribution in [1.82, 2.24) is 14.8 Å². The van der Waals surface area contributed by atoms with E-state index in [1.54, 1.807) is 7.05 Å². The topological polar surface area (TPSA) is 49.2 Å². The van der Waals surface area contributed by atoms with Gasteiger partial charge >= 0.3 is 58.4 Å². The maximum atomic E-state index is 13.0. The zero-order chi connectivity index (χ0) is 14.8. The number of hydrogen-bond donors (Lipinski definition) is 0. The number of nitrogens with zero attached hydrogens (tertiary/aromatic N) is 3.